The smallest absolute Gasteiger partial charge is 0.119 e. The molecule has 88 valence electrons. The lowest BCUT2D eigenvalue weighted by molar-refractivity contribution is 0.198. The summed E-state index contributed by atoms with van der Waals surface area (Å²) in [4.78, 5) is 2.37. The van der Waals surface area contributed by atoms with Gasteiger partial charge in [0, 0.05) is 12.6 Å². The van der Waals surface area contributed by atoms with E-state index in [0.717, 1.165) is 17.9 Å². The van der Waals surface area contributed by atoms with Crippen molar-refractivity contribution in [2.75, 3.05) is 20.2 Å². The molecular formula is C13H20N2O. The van der Waals surface area contributed by atoms with Gasteiger partial charge in [0.05, 0.1) is 0 Å². The zero-order chi connectivity index (χ0) is 11.4. The molecule has 0 aliphatic carbocycles. The number of likely N-dealkylation sites (N-methyl/N-ethyl adjacent to an activating group) is 1. The summed E-state index contributed by atoms with van der Waals surface area (Å²) in [5.74, 6) is 0.934. The monoisotopic (exact) mass is 220 g/mol. The minimum absolute atomic E-state index is 0.570. The van der Waals surface area contributed by atoms with Crippen molar-refractivity contribution in [2.45, 2.75) is 25.4 Å². The molecule has 1 aliphatic heterocycles. The minimum Gasteiger partial charge on any atom is -0.492 e. The van der Waals surface area contributed by atoms with Crippen LogP contribution in [0.1, 0.15) is 18.4 Å². The third kappa shape index (κ3) is 2.74. The van der Waals surface area contributed by atoms with Crippen molar-refractivity contribution in [1.82, 2.24) is 4.90 Å². The third-order valence-electron chi connectivity index (χ3n) is 3.25. The number of hydrogen-bond donors (Lipinski definition) is 1. The minimum atomic E-state index is 0.570. The zero-order valence-corrected chi connectivity index (χ0v) is 9.86. The van der Waals surface area contributed by atoms with Gasteiger partial charge in [-0.15, -0.1) is 0 Å². The number of hydrogen-bond acceptors (Lipinski definition) is 3. The standard InChI is InChI=1S/C13H20N2O/c1-15-7-3-5-12(15)10-16-13-6-2-4-11(8-13)9-14/h2,4,6,8,12H,3,5,7,9-10,14H2,1H3/t12-/m0/s1. The molecule has 3 heteroatoms. The van der Waals surface area contributed by atoms with Crippen LogP contribution < -0.4 is 10.5 Å². The maximum Gasteiger partial charge on any atom is 0.119 e. The summed E-state index contributed by atoms with van der Waals surface area (Å²) in [6.45, 7) is 2.54. The molecule has 1 fully saturated rings. The van der Waals surface area contributed by atoms with E-state index in [4.69, 9.17) is 10.5 Å². The molecule has 1 aliphatic rings. The molecule has 0 bridgehead atoms. The van der Waals surface area contributed by atoms with Crippen molar-refractivity contribution >= 4 is 0 Å². The normalized spacial score (nSPS) is 21.2. The molecule has 1 heterocycles. The summed E-state index contributed by atoms with van der Waals surface area (Å²) < 4.78 is 5.81. The van der Waals surface area contributed by atoms with Crippen molar-refractivity contribution < 1.29 is 4.74 Å². The molecule has 0 aromatic heterocycles. The first-order chi connectivity index (χ1) is 7.79. The first-order valence-corrected chi connectivity index (χ1v) is 5.91. The van der Waals surface area contributed by atoms with Gasteiger partial charge in [0.25, 0.3) is 0 Å². The van der Waals surface area contributed by atoms with Gasteiger partial charge in [-0.1, -0.05) is 12.1 Å². The number of nitrogens with two attached hydrogens (primary N) is 1. The molecule has 2 N–H and O–H groups in total. The third-order valence-corrected chi connectivity index (χ3v) is 3.25. The average Bonchev–Trinajstić information content (AvgIpc) is 2.72. The fourth-order valence-corrected chi connectivity index (χ4v) is 2.14. The summed E-state index contributed by atoms with van der Waals surface area (Å²) in [7, 11) is 2.16. The van der Waals surface area contributed by atoms with Crippen molar-refractivity contribution in [2.24, 2.45) is 5.73 Å². The van der Waals surface area contributed by atoms with Gasteiger partial charge in [0.2, 0.25) is 0 Å². The maximum atomic E-state index is 5.81. The molecule has 0 amide bonds. The van der Waals surface area contributed by atoms with E-state index < -0.39 is 0 Å². The summed E-state index contributed by atoms with van der Waals surface area (Å²) in [5, 5.41) is 0. The topological polar surface area (TPSA) is 38.5 Å². The van der Waals surface area contributed by atoms with E-state index in [0.29, 0.717) is 12.6 Å². The highest BCUT2D eigenvalue weighted by atomic mass is 16.5. The first-order valence-electron chi connectivity index (χ1n) is 5.91. The summed E-state index contributed by atoms with van der Waals surface area (Å²) in [6.07, 6.45) is 2.53. The molecule has 1 aromatic rings. The first kappa shape index (κ1) is 11.4. The van der Waals surface area contributed by atoms with Crippen LogP contribution in [0.5, 0.6) is 5.75 Å². The highest BCUT2D eigenvalue weighted by molar-refractivity contribution is 5.28. The highest BCUT2D eigenvalue weighted by Gasteiger charge is 2.21. The van der Waals surface area contributed by atoms with Gasteiger partial charge in [-0.05, 0) is 44.1 Å². The van der Waals surface area contributed by atoms with Crippen molar-refractivity contribution in [1.29, 1.82) is 0 Å². The van der Waals surface area contributed by atoms with Gasteiger partial charge in [-0.3, -0.25) is 0 Å². The SMILES string of the molecule is CN1CCC[C@H]1COc1cccc(CN)c1. The van der Waals surface area contributed by atoms with Crippen LogP contribution in [0.15, 0.2) is 24.3 Å². The molecule has 2 rings (SSSR count). The molecule has 1 aromatic carbocycles. The second-order valence-electron chi connectivity index (χ2n) is 4.44. The number of benzene rings is 1. The van der Waals surface area contributed by atoms with Crippen LogP contribution in [0.3, 0.4) is 0 Å². The van der Waals surface area contributed by atoms with E-state index >= 15 is 0 Å². The van der Waals surface area contributed by atoms with E-state index in [2.05, 4.69) is 11.9 Å². The molecule has 16 heavy (non-hydrogen) atoms. The van der Waals surface area contributed by atoms with Gasteiger partial charge >= 0.3 is 0 Å². The van der Waals surface area contributed by atoms with Gasteiger partial charge in [0.1, 0.15) is 12.4 Å². The molecule has 3 nitrogen and oxygen atoms in total. The Morgan fingerprint density at radius 1 is 1.50 bits per heavy atom. The quantitative estimate of drug-likeness (QED) is 0.838. The Labute approximate surface area is 97.2 Å². The maximum absolute atomic E-state index is 5.81. The molecular weight excluding hydrogens is 200 g/mol. The largest absolute Gasteiger partial charge is 0.492 e. The second-order valence-corrected chi connectivity index (χ2v) is 4.44. The predicted molar refractivity (Wildman–Crippen MR) is 65.5 cm³/mol. The van der Waals surface area contributed by atoms with E-state index in [1.54, 1.807) is 0 Å². The van der Waals surface area contributed by atoms with Crippen molar-refractivity contribution in [3.05, 3.63) is 29.8 Å². The van der Waals surface area contributed by atoms with E-state index in [1.807, 2.05) is 24.3 Å². The van der Waals surface area contributed by atoms with Gasteiger partial charge in [-0.2, -0.15) is 0 Å². The van der Waals surface area contributed by atoms with E-state index in [1.165, 1.54) is 19.4 Å². The summed E-state index contributed by atoms with van der Waals surface area (Å²) in [5.41, 5.74) is 6.72. The Balaban J connectivity index is 1.88. The van der Waals surface area contributed by atoms with Gasteiger partial charge in [0.15, 0.2) is 0 Å². The van der Waals surface area contributed by atoms with Crippen LogP contribution in [0.25, 0.3) is 0 Å². The van der Waals surface area contributed by atoms with Gasteiger partial charge < -0.3 is 15.4 Å². The Morgan fingerprint density at radius 2 is 2.38 bits per heavy atom. The van der Waals surface area contributed by atoms with E-state index in [-0.39, 0.29) is 0 Å². The second kappa shape index (κ2) is 5.32. The average molecular weight is 220 g/mol. The molecule has 0 spiro atoms. The highest BCUT2D eigenvalue weighted by Crippen LogP contribution is 2.18. The van der Waals surface area contributed by atoms with Crippen LogP contribution in [0, 0.1) is 0 Å². The number of nitrogens with zero attached hydrogens (tertiary/aromatic N) is 1. The fourth-order valence-electron chi connectivity index (χ4n) is 2.14. The Kier molecular flexibility index (Phi) is 3.80. The lowest BCUT2D eigenvalue weighted by Gasteiger charge is -2.19. The van der Waals surface area contributed by atoms with E-state index in [9.17, 15) is 0 Å². The number of ether oxygens (including phenoxy) is 1. The van der Waals surface area contributed by atoms with Crippen LogP contribution in [-0.4, -0.2) is 31.1 Å². The summed E-state index contributed by atoms with van der Waals surface area (Å²) in [6, 6.07) is 8.61. The van der Waals surface area contributed by atoms with Crippen LogP contribution >= 0.6 is 0 Å². The van der Waals surface area contributed by atoms with Crippen molar-refractivity contribution in [3.63, 3.8) is 0 Å². The Bertz CT molecular complexity index is 340. The van der Waals surface area contributed by atoms with Gasteiger partial charge in [-0.25, -0.2) is 0 Å². The van der Waals surface area contributed by atoms with Crippen LogP contribution in [0.2, 0.25) is 0 Å². The molecule has 1 atom stereocenters. The molecule has 0 unspecified atom stereocenters. The Morgan fingerprint density at radius 3 is 3.06 bits per heavy atom. The summed E-state index contributed by atoms with van der Waals surface area (Å²) >= 11 is 0. The number of likely N-dealkylation sites (tertiary alicyclic amines) is 1. The van der Waals surface area contributed by atoms with Crippen LogP contribution in [0.4, 0.5) is 0 Å². The predicted octanol–water partition coefficient (Wildman–Crippen LogP) is 1.62. The van der Waals surface area contributed by atoms with Crippen molar-refractivity contribution in [3.8, 4) is 5.75 Å². The molecule has 0 saturated carbocycles. The zero-order valence-electron chi connectivity index (χ0n) is 9.86. The molecule has 1 saturated heterocycles. The Hall–Kier alpha value is -1.06. The lowest BCUT2D eigenvalue weighted by Crippen LogP contribution is -2.30. The molecule has 0 radical (unpaired) electrons. The lowest BCUT2D eigenvalue weighted by atomic mass is 10.2. The number of rotatable bonds is 4. The fraction of sp³-hybridized carbons (Fsp3) is 0.538. The van der Waals surface area contributed by atoms with Crippen LogP contribution in [-0.2, 0) is 6.54 Å².